The van der Waals surface area contributed by atoms with Crippen molar-refractivity contribution in [2.45, 2.75) is 19.5 Å². The summed E-state index contributed by atoms with van der Waals surface area (Å²) in [6, 6.07) is 14.4. The van der Waals surface area contributed by atoms with E-state index in [0.29, 0.717) is 18.3 Å². The molecule has 3 aromatic rings. The van der Waals surface area contributed by atoms with Crippen molar-refractivity contribution in [1.29, 1.82) is 0 Å². The lowest BCUT2D eigenvalue weighted by molar-refractivity contribution is 0.179. The van der Waals surface area contributed by atoms with E-state index < -0.39 is 0 Å². The molecule has 8 heteroatoms. The molecule has 0 saturated heterocycles. The van der Waals surface area contributed by atoms with Crippen LogP contribution in [0.3, 0.4) is 0 Å². The van der Waals surface area contributed by atoms with Crippen molar-refractivity contribution in [3.63, 3.8) is 0 Å². The van der Waals surface area contributed by atoms with Gasteiger partial charge in [0, 0.05) is 24.9 Å². The van der Waals surface area contributed by atoms with E-state index in [1.165, 1.54) is 5.56 Å². The molecule has 6 nitrogen and oxygen atoms in total. The molecule has 0 aliphatic heterocycles. The Morgan fingerprint density at radius 1 is 1.32 bits per heavy atom. The zero-order valence-electron chi connectivity index (χ0n) is 15.8. The summed E-state index contributed by atoms with van der Waals surface area (Å²) in [5, 5.41) is 14.6. The molecule has 0 spiro atoms. The minimum atomic E-state index is 0.107. The lowest BCUT2D eigenvalue weighted by atomic mass is 10.2. The van der Waals surface area contributed by atoms with E-state index >= 15 is 0 Å². The molecule has 0 fully saturated rings. The second-order valence-corrected chi connectivity index (χ2v) is 7.65. The van der Waals surface area contributed by atoms with Gasteiger partial charge in [-0.05, 0) is 36.2 Å². The molecule has 2 N–H and O–H groups in total. The van der Waals surface area contributed by atoms with Crippen molar-refractivity contribution in [1.82, 2.24) is 20.5 Å². The zero-order chi connectivity index (χ0) is 19.8. The Balaban J connectivity index is 1.72. The number of hydrogen-bond donors (Lipinski definition) is 2. The number of thiophene rings is 1. The Morgan fingerprint density at radius 3 is 2.86 bits per heavy atom. The predicted octanol–water partition coefficient (Wildman–Crippen LogP) is 3.49. The highest BCUT2D eigenvalue weighted by molar-refractivity contribution is 7.80. The molecule has 1 atom stereocenters. The normalized spacial score (nSPS) is 12.2. The minimum absolute atomic E-state index is 0.107. The van der Waals surface area contributed by atoms with E-state index in [-0.39, 0.29) is 6.04 Å². The third-order valence-corrected chi connectivity index (χ3v) is 4.98. The van der Waals surface area contributed by atoms with Gasteiger partial charge in [-0.3, -0.25) is 10.1 Å². The van der Waals surface area contributed by atoms with E-state index in [4.69, 9.17) is 22.1 Å². The van der Waals surface area contributed by atoms with Gasteiger partial charge in [0.2, 0.25) is 0 Å². The number of hydrogen-bond acceptors (Lipinski definition) is 5. The summed E-state index contributed by atoms with van der Waals surface area (Å²) < 4.78 is 7.02. The maximum atomic E-state index is 5.25. The Hall–Kier alpha value is -2.55. The third kappa shape index (κ3) is 5.72. The van der Waals surface area contributed by atoms with Gasteiger partial charge < -0.3 is 10.1 Å². The monoisotopic (exact) mass is 413 g/mol. The first-order valence-electron chi connectivity index (χ1n) is 8.89. The van der Waals surface area contributed by atoms with Gasteiger partial charge in [-0.25, -0.2) is 0 Å². The van der Waals surface area contributed by atoms with Gasteiger partial charge in [-0.2, -0.15) is 10.2 Å². The summed E-state index contributed by atoms with van der Waals surface area (Å²) in [6.07, 6.45) is 3.75. The van der Waals surface area contributed by atoms with Gasteiger partial charge >= 0.3 is 0 Å². The molecule has 0 radical (unpaired) electrons. The lowest BCUT2D eigenvalue weighted by Crippen LogP contribution is -2.40. The van der Waals surface area contributed by atoms with Crippen molar-refractivity contribution in [2.75, 3.05) is 13.7 Å². The molecule has 0 amide bonds. The smallest absolute Gasteiger partial charge is 0.187 e. The van der Waals surface area contributed by atoms with Crippen molar-refractivity contribution < 1.29 is 4.74 Å². The van der Waals surface area contributed by atoms with Crippen LogP contribution in [0, 0.1) is 0 Å². The maximum Gasteiger partial charge on any atom is 0.187 e. The fourth-order valence-electron chi connectivity index (χ4n) is 2.70. The highest BCUT2D eigenvalue weighted by atomic mass is 32.1. The van der Waals surface area contributed by atoms with Crippen LogP contribution >= 0.6 is 23.6 Å². The molecule has 0 saturated carbocycles. The number of thiocarbonyl (C=S) groups is 1. The number of nitrogens with one attached hydrogen (secondary N) is 2. The van der Waals surface area contributed by atoms with Crippen molar-refractivity contribution >= 4 is 34.9 Å². The molecule has 0 bridgehead atoms. The average Bonchev–Trinajstić information content (AvgIpc) is 3.32. The van der Waals surface area contributed by atoms with E-state index in [1.807, 2.05) is 47.4 Å². The zero-order valence-corrected chi connectivity index (χ0v) is 17.5. The van der Waals surface area contributed by atoms with Gasteiger partial charge in [0.15, 0.2) is 5.11 Å². The molecule has 1 aromatic carbocycles. The fraction of sp³-hybridized carbons (Fsp3) is 0.250. The first-order chi connectivity index (χ1) is 13.7. The van der Waals surface area contributed by atoms with Crippen LogP contribution in [-0.4, -0.2) is 40.9 Å². The van der Waals surface area contributed by atoms with Gasteiger partial charge in [-0.15, -0.1) is 11.3 Å². The second-order valence-electron chi connectivity index (χ2n) is 6.29. The molecule has 28 heavy (non-hydrogen) atoms. The van der Waals surface area contributed by atoms with E-state index in [9.17, 15) is 0 Å². The molecule has 2 heterocycles. The van der Waals surface area contributed by atoms with Crippen LogP contribution in [0.2, 0.25) is 0 Å². The minimum Gasteiger partial charge on any atom is -0.383 e. The molecular weight excluding hydrogens is 390 g/mol. The van der Waals surface area contributed by atoms with Crippen LogP contribution in [0.1, 0.15) is 18.1 Å². The average molecular weight is 414 g/mol. The number of ether oxygens (including phenoxy) is 1. The van der Waals surface area contributed by atoms with Crippen LogP contribution in [0.4, 0.5) is 0 Å². The topological polar surface area (TPSA) is 63.5 Å². The lowest BCUT2D eigenvalue weighted by Gasteiger charge is -2.13. The van der Waals surface area contributed by atoms with Crippen LogP contribution in [-0.2, 0) is 11.3 Å². The van der Waals surface area contributed by atoms with Crippen LogP contribution in [0.15, 0.2) is 59.1 Å². The van der Waals surface area contributed by atoms with Crippen LogP contribution in [0.25, 0.3) is 10.6 Å². The SMILES string of the molecule is COC[C@H](C)NC(=S)N/N=C\c1cn(Cc2ccccc2)nc1-c1cccs1. The Kier molecular flexibility index (Phi) is 7.30. The number of hydrazone groups is 1. The molecule has 0 aliphatic carbocycles. The highest BCUT2D eigenvalue weighted by Gasteiger charge is 2.11. The number of benzene rings is 1. The Labute approximate surface area is 174 Å². The number of nitrogens with zero attached hydrogens (tertiary/aromatic N) is 3. The van der Waals surface area contributed by atoms with Gasteiger partial charge in [0.05, 0.1) is 24.2 Å². The summed E-state index contributed by atoms with van der Waals surface area (Å²) in [5.74, 6) is 0. The van der Waals surface area contributed by atoms with Gasteiger partial charge in [-0.1, -0.05) is 36.4 Å². The first kappa shape index (κ1) is 20.2. The molecule has 0 unspecified atom stereocenters. The number of aromatic nitrogens is 2. The summed E-state index contributed by atoms with van der Waals surface area (Å²) in [4.78, 5) is 1.10. The second kappa shape index (κ2) is 10.1. The van der Waals surface area contributed by atoms with Gasteiger partial charge in [0.1, 0.15) is 5.69 Å². The summed E-state index contributed by atoms with van der Waals surface area (Å²) >= 11 is 6.91. The van der Waals surface area contributed by atoms with Crippen molar-refractivity contribution in [3.05, 3.63) is 65.2 Å². The highest BCUT2D eigenvalue weighted by Crippen LogP contribution is 2.26. The molecule has 0 aliphatic rings. The quantitative estimate of drug-likeness (QED) is 0.336. The fourth-order valence-corrected chi connectivity index (χ4v) is 3.68. The van der Waals surface area contributed by atoms with E-state index in [1.54, 1.807) is 24.7 Å². The predicted molar refractivity (Wildman–Crippen MR) is 119 cm³/mol. The Bertz CT molecular complexity index is 906. The summed E-state index contributed by atoms with van der Waals surface area (Å²) in [6.45, 7) is 3.26. The van der Waals surface area contributed by atoms with Gasteiger partial charge in [0.25, 0.3) is 0 Å². The van der Waals surface area contributed by atoms with Crippen molar-refractivity contribution in [3.8, 4) is 10.6 Å². The van der Waals surface area contributed by atoms with Crippen LogP contribution < -0.4 is 10.7 Å². The van der Waals surface area contributed by atoms with Crippen molar-refractivity contribution in [2.24, 2.45) is 5.10 Å². The molecule has 146 valence electrons. The largest absolute Gasteiger partial charge is 0.383 e. The molecular formula is C20H23N5OS2. The first-order valence-corrected chi connectivity index (χ1v) is 10.2. The third-order valence-electron chi connectivity index (χ3n) is 3.90. The number of methoxy groups -OCH3 is 1. The number of rotatable bonds is 8. The van der Waals surface area contributed by atoms with Crippen LogP contribution in [0.5, 0.6) is 0 Å². The Morgan fingerprint density at radius 2 is 2.14 bits per heavy atom. The van der Waals surface area contributed by atoms with E-state index in [0.717, 1.165) is 16.1 Å². The molecule has 2 aromatic heterocycles. The standard InChI is InChI=1S/C20H23N5OS2/c1-15(14-26-2)22-20(27)23-21-11-17-13-25(12-16-7-4-3-5-8-16)24-19(17)18-9-6-10-28-18/h3-11,13,15H,12,14H2,1-2H3,(H2,22,23,27)/b21-11-/t15-/m0/s1. The summed E-state index contributed by atoms with van der Waals surface area (Å²) in [5.41, 5.74) is 5.88. The van der Waals surface area contributed by atoms with E-state index in [2.05, 4.69) is 34.0 Å². The summed E-state index contributed by atoms with van der Waals surface area (Å²) in [7, 11) is 1.66. The maximum absolute atomic E-state index is 5.25. The molecule has 3 rings (SSSR count).